The van der Waals surface area contributed by atoms with Crippen LogP contribution in [-0.2, 0) is 0 Å². The van der Waals surface area contributed by atoms with Gasteiger partial charge in [-0.1, -0.05) is 33.1 Å². The summed E-state index contributed by atoms with van der Waals surface area (Å²) >= 11 is 0. The second kappa shape index (κ2) is 7.72. The van der Waals surface area contributed by atoms with Crippen molar-refractivity contribution in [2.45, 2.75) is 58.4 Å². The minimum absolute atomic E-state index is 0.228. The zero-order valence-electron chi connectivity index (χ0n) is 12.7. The minimum Gasteiger partial charge on any atom is -0.310 e. The molecule has 112 valence electrons. The Hall–Kier alpha value is -0.960. The molecule has 0 bridgehead atoms. The van der Waals surface area contributed by atoms with Gasteiger partial charge in [-0.2, -0.15) is 0 Å². The van der Waals surface area contributed by atoms with Gasteiger partial charge in [0, 0.05) is 12.2 Å². The third-order valence-corrected chi connectivity index (χ3v) is 4.57. The Morgan fingerprint density at radius 3 is 2.90 bits per heavy atom. The molecule has 0 amide bonds. The first-order valence-electron chi connectivity index (χ1n) is 8.08. The smallest absolute Gasteiger partial charge is 0.141 e. The predicted molar refractivity (Wildman–Crippen MR) is 81.0 cm³/mol. The summed E-state index contributed by atoms with van der Waals surface area (Å²) in [6.07, 6.45) is 10.6. The zero-order valence-corrected chi connectivity index (χ0v) is 12.7. The fraction of sp³-hybridized carbons (Fsp3) is 0.706. The van der Waals surface area contributed by atoms with Gasteiger partial charge in [-0.3, -0.25) is 4.98 Å². The quantitative estimate of drug-likeness (QED) is 0.830. The van der Waals surface area contributed by atoms with Gasteiger partial charge in [-0.15, -0.1) is 0 Å². The first-order valence-corrected chi connectivity index (χ1v) is 8.08. The van der Waals surface area contributed by atoms with Crippen LogP contribution in [0.5, 0.6) is 0 Å². The van der Waals surface area contributed by atoms with E-state index in [9.17, 15) is 4.39 Å². The third kappa shape index (κ3) is 4.02. The average molecular weight is 278 g/mol. The Labute approximate surface area is 122 Å². The second-order valence-electron chi connectivity index (χ2n) is 6.07. The molecule has 1 aliphatic carbocycles. The topological polar surface area (TPSA) is 24.9 Å². The van der Waals surface area contributed by atoms with Crippen LogP contribution in [0.4, 0.5) is 4.39 Å². The zero-order chi connectivity index (χ0) is 14.4. The van der Waals surface area contributed by atoms with Gasteiger partial charge in [0.15, 0.2) is 0 Å². The van der Waals surface area contributed by atoms with Crippen LogP contribution in [-0.4, -0.2) is 11.5 Å². The highest BCUT2D eigenvalue weighted by molar-refractivity contribution is 5.16. The number of hydrogen-bond donors (Lipinski definition) is 1. The lowest BCUT2D eigenvalue weighted by molar-refractivity contribution is 0.209. The minimum atomic E-state index is -0.228. The highest BCUT2D eigenvalue weighted by Gasteiger charge is 2.28. The van der Waals surface area contributed by atoms with E-state index >= 15 is 0 Å². The molecule has 3 heteroatoms. The molecule has 1 aromatic rings. The van der Waals surface area contributed by atoms with Crippen LogP contribution in [0.15, 0.2) is 18.5 Å². The normalized spacial score (nSPS) is 24.6. The van der Waals surface area contributed by atoms with Crippen molar-refractivity contribution in [3.8, 4) is 0 Å². The molecule has 1 aromatic heterocycles. The summed E-state index contributed by atoms with van der Waals surface area (Å²) in [5.41, 5.74) is 1.01. The van der Waals surface area contributed by atoms with Crippen molar-refractivity contribution in [1.82, 2.24) is 10.3 Å². The highest BCUT2D eigenvalue weighted by atomic mass is 19.1. The SMILES string of the molecule is CCCNC(c1cncc(F)c1)C1CCCC(CC)C1. The van der Waals surface area contributed by atoms with Crippen LogP contribution in [0, 0.1) is 17.7 Å². The summed E-state index contributed by atoms with van der Waals surface area (Å²) in [5, 5.41) is 3.62. The monoisotopic (exact) mass is 278 g/mol. The van der Waals surface area contributed by atoms with E-state index in [0.29, 0.717) is 5.92 Å². The molecule has 0 saturated heterocycles. The van der Waals surface area contributed by atoms with Crippen molar-refractivity contribution in [3.05, 3.63) is 29.8 Å². The van der Waals surface area contributed by atoms with Crippen LogP contribution in [0.2, 0.25) is 0 Å². The van der Waals surface area contributed by atoms with E-state index in [1.807, 2.05) is 6.20 Å². The van der Waals surface area contributed by atoms with Gasteiger partial charge in [-0.25, -0.2) is 4.39 Å². The molecule has 1 aliphatic rings. The van der Waals surface area contributed by atoms with E-state index in [0.717, 1.165) is 24.4 Å². The summed E-state index contributed by atoms with van der Waals surface area (Å²) in [4.78, 5) is 4.03. The lowest BCUT2D eigenvalue weighted by Gasteiger charge is -2.35. The van der Waals surface area contributed by atoms with Gasteiger partial charge in [0.05, 0.1) is 6.20 Å². The Bertz CT molecular complexity index is 408. The molecule has 1 fully saturated rings. The van der Waals surface area contributed by atoms with Crippen LogP contribution in [0.1, 0.15) is 64.0 Å². The van der Waals surface area contributed by atoms with E-state index in [2.05, 4.69) is 24.1 Å². The van der Waals surface area contributed by atoms with Crippen molar-refractivity contribution >= 4 is 0 Å². The van der Waals surface area contributed by atoms with Gasteiger partial charge >= 0.3 is 0 Å². The standard InChI is InChI=1S/C17H27FN2/c1-3-8-20-17(15-10-16(18)12-19-11-15)14-7-5-6-13(4-2)9-14/h10-14,17,20H,3-9H2,1-2H3. The maximum absolute atomic E-state index is 13.5. The van der Waals surface area contributed by atoms with Crippen molar-refractivity contribution in [2.24, 2.45) is 11.8 Å². The van der Waals surface area contributed by atoms with Gasteiger partial charge in [0.1, 0.15) is 5.82 Å². The van der Waals surface area contributed by atoms with Crippen molar-refractivity contribution in [1.29, 1.82) is 0 Å². The van der Waals surface area contributed by atoms with E-state index in [1.54, 1.807) is 6.07 Å². The van der Waals surface area contributed by atoms with Crippen molar-refractivity contribution in [3.63, 3.8) is 0 Å². The molecule has 3 atom stereocenters. The Morgan fingerprint density at radius 2 is 2.20 bits per heavy atom. The molecular formula is C17H27FN2. The molecule has 1 N–H and O–H groups in total. The summed E-state index contributed by atoms with van der Waals surface area (Å²) in [7, 11) is 0. The number of pyridine rings is 1. The Kier molecular flexibility index (Phi) is 5.96. The van der Waals surface area contributed by atoms with Crippen LogP contribution >= 0.6 is 0 Å². The molecule has 0 radical (unpaired) electrons. The maximum Gasteiger partial charge on any atom is 0.141 e. The second-order valence-corrected chi connectivity index (χ2v) is 6.07. The lowest BCUT2D eigenvalue weighted by atomic mass is 9.75. The summed E-state index contributed by atoms with van der Waals surface area (Å²) in [5.74, 6) is 1.22. The van der Waals surface area contributed by atoms with E-state index in [-0.39, 0.29) is 11.9 Å². The molecule has 1 saturated carbocycles. The van der Waals surface area contributed by atoms with Crippen molar-refractivity contribution < 1.29 is 4.39 Å². The fourth-order valence-electron chi connectivity index (χ4n) is 3.46. The fourth-order valence-corrected chi connectivity index (χ4v) is 3.46. The lowest BCUT2D eigenvalue weighted by Crippen LogP contribution is -2.32. The molecule has 0 spiro atoms. The molecule has 20 heavy (non-hydrogen) atoms. The summed E-state index contributed by atoms with van der Waals surface area (Å²) in [6, 6.07) is 1.91. The predicted octanol–water partition coefficient (Wildman–Crippen LogP) is 4.48. The summed E-state index contributed by atoms with van der Waals surface area (Å²) < 4.78 is 13.5. The summed E-state index contributed by atoms with van der Waals surface area (Å²) in [6.45, 7) is 5.43. The van der Waals surface area contributed by atoms with Gasteiger partial charge in [0.25, 0.3) is 0 Å². The largest absolute Gasteiger partial charge is 0.310 e. The molecule has 1 heterocycles. The Balaban J connectivity index is 2.14. The molecule has 0 aliphatic heterocycles. The van der Waals surface area contributed by atoms with E-state index in [1.165, 1.54) is 38.3 Å². The number of aromatic nitrogens is 1. The van der Waals surface area contributed by atoms with Crippen molar-refractivity contribution in [2.75, 3.05) is 6.54 Å². The highest BCUT2D eigenvalue weighted by Crippen LogP contribution is 2.38. The Morgan fingerprint density at radius 1 is 1.35 bits per heavy atom. The first kappa shape index (κ1) is 15.4. The van der Waals surface area contributed by atoms with Gasteiger partial charge in [0.2, 0.25) is 0 Å². The number of nitrogens with one attached hydrogen (secondary N) is 1. The van der Waals surface area contributed by atoms with E-state index in [4.69, 9.17) is 0 Å². The van der Waals surface area contributed by atoms with E-state index < -0.39 is 0 Å². The molecule has 3 unspecified atom stereocenters. The maximum atomic E-state index is 13.5. The van der Waals surface area contributed by atoms with Gasteiger partial charge in [-0.05, 0) is 49.3 Å². The van der Waals surface area contributed by atoms with Gasteiger partial charge < -0.3 is 5.32 Å². The molecular weight excluding hydrogens is 251 g/mol. The molecule has 0 aromatic carbocycles. The average Bonchev–Trinajstić information content (AvgIpc) is 2.48. The van der Waals surface area contributed by atoms with Crippen LogP contribution in [0.25, 0.3) is 0 Å². The molecule has 2 nitrogen and oxygen atoms in total. The third-order valence-electron chi connectivity index (χ3n) is 4.57. The number of hydrogen-bond acceptors (Lipinski definition) is 2. The first-order chi connectivity index (χ1) is 9.74. The number of halogens is 1. The number of nitrogens with zero attached hydrogens (tertiary/aromatic N) is 1. The number of rotatable bonds is 6. The van der Waals surface area contributed by atoms with Crippen LogP contribution < -0.4 is 5.32 Å². The van der Waals surface area contributed by atoms with Crippen LogP contribution in [0.3, 0.4) is 0 Å². The molecule has 2 rings (SSSR count).